The van der Waals surface area contributed by atoms with Gasteiger partial charge in [-0.25, -0.2) is 13.1 Å². The lowest BCUT2D eigenvalue weighted by Crippen LogP contribution is -2.32. The average Bonchev–Trinajstić information content (AvgIpc) is 2.66. The monoisotopic (exact) mass is 401 g/mol. The van der Waals surface area contributed by atoms with Gasteiger partial charge in [-0.15, -0.1) is 0 Å². The number of hydrogen-bond donors (Lipinski definition) is 1. The summed E-state index contributed by atoms with van der Waals surface area (Å²) in [4.78, 5) is 14.2. The van der Waals surface area contributed by atoms with E-state index in [4.69, 9.17) is 10.00 Å². The fourth-order valence-corrected chi connectivity index (χ4v) is 4.11. The zero-order valence-corrected chi connectivity index (χ0v) is 16.9. The van der Waals surface area contributed by atoms with Crippen molar-refractivity contribution in [1.29, 1.82) is 5.26 Å². The Bertz CT molecular complexity index is 967. The number of methoxy groups -OCH3 is 1. The molecule has 2 aromatic carbocycles. The van der Waals surface area contributed by atoms with Gasteiger partial charge in [0.1, 0.15) is 17.2 Å². The summed E-state index contributed by atoms with van der Waals surface area (Å²) in [6.45, 7) is 3.53. The summed E-state index contributed by atoms with van der Waals surface area (Å²) in [5, 5.41) is 9.11. The highest BCUT2D eigenvalue weighted by Gasteiger charge is 2.24. The molecule has 0 aromatic heterocycles. The lowest BCUT2D eigenvalue weighted by atomic mass is 10.1. The van der Waals surface area contributed by atoms with Crippen LogP contribution in [0.15, 0.2) is 53.4 Å². The van der Waals surface area contributed by atoms with Crippen molar-refractivity contribution in [3.8, 4) is 11.8 Å². The van der Waals surface area contributed by atoms with Crippen molar-refractivity contribution in [2.75, 3.05) is 13.7 Å². The molecular weight excluding hydrogens is 378 g/mol. The summed E-state index contributed by atoms with van der Waals surface area (Å²) in [5.74, 6) is -0.298. The number of nitrogens with one attached hydrogen (secondary N) is 1. The molecule has 0 spiro atoms. The minimum absolute atomic E-state index is 0.119. The van der Waals surface area contributed by atoms with E-state index in [9.17, 15) is 13.2 Å². The Morgan fingerprint density at radius 2 is 1.89 bits per heavy atom. The minimum Gasteiger partial charge on any atom is -0.495 e. The lowest BCUT2D eigenvalue weighted by Gasteiger charge is -2.21. The SMILES string of the molecule is COc1ccc(C(=O)N(CC#N)Cc2ccccc2)cc1S(=O)(=O)NC(C)C. The number of sulfonamides is 1. The van der Waals surface area contributed by atoms with Crippen molar-refractivity contribution in [2.24, 2.45) is 0 Å². The maximum absolute atomic E-state index is 13.0. The molecule has 8 heteroatoms. The standard InChI is InChI=1S/C20H23N3O4S/c1-15(2)22-28(25,26)19-13-17(9-10-18(19)27-3)20(24)23(12-11-21)14-16-7-5-4-6-8-16/h4-10,13,15,22H,12,14H2,1-3H3. The second-order valence-corrected chi connectivity index (χ2v) is 8.13. The second kappa shape index (κ2) is 9.35. The number of rotatable bonds is 8. The first-order valence-corrected chi connectivity index (χ1v) is 10.2. The van der Waals surface area contributed by atoms with Gasteiger partial charge in [0, 0.05) is 18.2 Å². The van der Waals surface area contributed by atoms with Gasteiger partial charge in [-0.3, -0.25) is 4.79 Å². The van der Waals surface area contributed by atoms with Crippen LogP contribution >= 0.6 is 0 Å². The summed E-state index contributed by atoms with van der Waals surface area (Å²) in [7, 11) is -2.50. The van der Waals surface area contributed by atoms with Crippen LogP contribution in [-0.4, -0.2) is 38.9 Å². The molecule has 28 heavy (non-hydrogen) atoms. The van der Waals surface area contributed by atoms with Crippen LogP contribution in [0.5, 0.6) is 5.75 Å². The summed E-state index contributed by atoms with van der Waals surface area (Å²) in [5.41, 5.74) is 1.03. The first kappa shape index (κ1) is 21.4. The van der Waals surface area contributed by atoms with Crippen LogP contribution in [0, 0.1) is 11.3 Å². The molecule has 1 N–H and O–H groups in total. The Kier molecular flexibility index (Phi) is 7.15. The van der Waals surface area contributed by atoms with E-state index in [0.29, 0.717) is 0 Å². The Labute approximate surface area is 165 Å². The predicted octanol–water partition coefficient (Wildman–Crippen LogP) is 2.55. The molecule has 0 aliphatic heterocycles. The van der Waals surface area contributed by atoms with E-state index in [2.05, 4.69) is 4.72 Å². The van der Waals surface area contributed by atoms with Crippen molar-refractivity contribution in [3.63, 3.8) is 0 Å². The highest BCUT2D eigenvalue weighted by Crippen LogP contribution is 2.26. The van der Waals surface area contributed by atoms with E-state index in [1.807, 2.05) is 36.4 Å². The molecule has 0 atom stereocenters. The summed E-state index contributed by atoms with van der Waals surface area (Å²) < 4.78 is 32.9. The van der Waals surface area contributed by atoms with E-state index in [1.54, 1.807) is 13.8 Å². The Morgan fingerprint density at radius 1 is 1.21 bits per heavy atom. The van der Waals surface area contributed by atoms with E-state index in [1.165, 1.54) is 30.2 Å². The molecule has 7 nitrogen and oxygen atoms in total. The number of benzene rings is 2. The van der Waals surface area contributed by atoms with Crippen molar-refractivity contribution < 1.29 is 17.9 Å². The van der Waals surface area contributed by atoms with Crippen molar-refractivity contribution >= 4 is 15.9 Å². The molecule has 0 bridgehead atoms. The van der Waals surface area contributed by atoms with Crippen molar-refractivity contribution in [1.82, 2.24) is 9.62 Å². The van der Waals surface area contributed by atoms with Gasteiger partial charge in [0.25, 0.3) is 5.91 Å². The molecule has 148 valence electrons. The normalized spacial score (nSPS) is 11.1. The van der Waals surface area contributed by atoms with Crippen molar-refractivity contribution in [3.05, 3.63) is 59.7 Å². The van der Waals surface area contributed by atoms with Gasteiger partial charge in [-0.2, -0.15) is 5.26 Å². The first-order chi connectivity index (χ1) is 13.3. The molecule has 2 rings (SSSR count). The van der Waals surface area contributed by atoms with Gasteiger partial charge < -0.3 is 9.64 Å². The third-order valence-electron chi connectivity index (χ3n) is 3.86. The summed E-state index contributed by atoms with van der Waals surface area (Å²) >= 11 is 0. The highest BCUT2D eigenvalue weighted by molar-refractivity contribution is 7.89. The van der Waals surface area contributed by atoms with Crippen LogP contribution in [0.25, 0.3) is 0 Å². The van der Waals surface area contributed by atoms with Gasteiger partial charge >= 0.3 is 0 Å². The maximum atomic E-state index is 13.0. The molecular formula is C20H23N3O4S. The number of carbonyl (C=O) groups excluding carboxylic acids is 1. The van der Waals surface area contributed by atoms with Crippen LogP contribution < -0.4 is 9.46 Å². The second-order valence-electron chi connectivity index (χ2n) is 6.45. The number of nitriles is 1. The number of ether oxygens (including phenoxy) is 1. The molecule has 1 amide bonds. The lowest BCUT2D eigenvalue weighted by molar-refractivity contribution is 0.0764. The Balaban J connectivity index is 2.40. The third-order valence-corrected chi connectivity index (χ3v) is 5.54. The van der Waals surface area contributed by atoms with Gasteiger partial charge in [-0.05, 0) is 37.6 Å². The van der Waals surface area contributed by atoms with Crippen LogP contribution in [0.4, 0.5) is 0 Å². The van der Waals surface area contributed by atoms with Gasteiger partial charge in [0.05, 0.1) is 13.2 Å². The van der Waals surface area contributed by atoms with E-state index < -0.39 is 15.9 Å². The topological polar surface area (TPSA) is 99.5 Å². The van der Waals surface area contributed by atoms with Crippen LogP contribution in [0.3, 0.4) is 0 Å². The van der Waals surface area contributed by atoms with Gasteiger partial charge in [0.15, 0.2) is 0 Å². The van der Waals surface area contributed by atoms with Crippen LogP contribution in [0.2, 0.25) is 0 Å². The minimum atomic E-state index is -3.87. The molecule has 0 saturated heterocycles. The van der Waals surface area contributed by atoms with Gasteiger partial charge in [-0.1, -0.05) is 30.3 Å². The zero-order chi connectivity index (χ0) is 20.7. The number of nitrogens with zero attached hydrogens (tertiary/aromatic N) is 2. The summed E-state index contributed by atoms with van der Waals surface area (Å²) in [6, 6.07) is 15.1. The molecule has 0 aliphatic rings. The number of amides is 1. The summed E-state index contributed by atoms with van der Waals surface area (Å²) in [6.07, 6.45) is 0. The van der Waals surface area contributed by atoms with E-state index in [-0.39, 0.29) is 35.3 Å². The smallest absolute Gasteiger partial charge is 0.255 e. The fraction of sp³-hybridized carbons (Fsp3) is 0.300. The fourth-order valence-electron chi connectivity index (χ4n) is 2.66. The first-order valence-electron chi connectivity index (χ1n) is 8.69. The number of hydrogen-bond acceptors (Lipinski definition) is 5. The largest absolute Gasteiger partial charge is 0.495 e. The molecule has 0 saturated carbocycles. The predicted molar refractivity (Wildman–Crippen MR) is 105 cm³/mol. The molecule has 2 aromatic rings. The average molecular weight is 401 g/mol. The number of carbonyl (C=O) groups is 1. The van der Waals surface area contributed by atoms with Crippen LogP contribution in [0.1, 0.15) is 29.8 Å². The Hall–Kier alpha value is -2.89. The van der Waals surface area contributed by atoms with Crippen LogP contribution in [-0.2, 0) is 16.6 Å². The molecule has 0 fully saturated rings. The molecule has 0 radical (unpaired) electrons. The quantitative estimate of drug-likeness (QED) is 0.685. The highest BCUT2D eigenvalue weighted by atomic mass is 32.2. The maximum Gasteiger partial charge on any atom is 0.255 e. The van der Waals surface area contributed by atoms with Crippen molar-refractivity contribution in [2.45, 2.75) is 31.3 Å². The zero-order valence-electron chi connectivity index (χ0n) is 16.0. The molecule has 0 aliphatic carbocycles. The third kappa shape index (κ3) is 5.31. The molecule has 0 heterocycles. The molecule has 0 unspecified atom stereocenters. The van der Waals surface area contributed by atoms with Gasteiger partial charge in [0.2, 0.25) is 10.0 Å². The Morgan fingerprint density at radius 3 is 2.46 bits per heavy atom. The van der Waals surface area contributed by atoms with E-state index >= 15 is 0 Å². The van der Waals surface area contributed by atoms with E-state index in [0.717, 1.165) is 5.56 Å².